The number of hydrogen-bond acceptors (Lipinski definition) is 2. The van der Waals surface area contributed by atoms with Crippen molar-refractivity contribution in [2.75, 3.05) is 25.7 Å². The number of nitrogens with zero attached hydrogens (tertiary/aromatic N) is 1. The van der Waals surface area contributed by atoms with Crippen molar-refractivity contribution in [2.24, 2.45) is 0 Å². The number of hydrogen-bond donors (Lipinski definition) is 0. The highest BCUT2D eigenvalue weighted by Gasteiger charge is 2.15. The molecule has 0 amide bonds. The summed E-state index contributed by atoms with van der Waals surface area (Å²) in [5.74, 6) is -0.175. The molecule has 0 bridgehead atoms. The van der Waals surface area contributed by atoms with Gasteiger partial charge in [0.25, 0.3) is 0 Å². The topological polar surface area (TPSA) is 12.5 Å². The van der Waals surface area contributed by atoms with E-state index in [0.29, 0.717) is 17.5 Å². The van der Waals surface area contributed by atoms with Crippen LogP contribution >= 0.6 is 15.9 Å². The number of halogens is 2. The lowest BCUT2D eigenvalue weighted by atomic mass is 10.1. The van der Waals surface area contributed by atoms with Gasteiger partial charge in [0.1, 0.15) is 5.82 Å². The molecule has 0 saturated heterocycles. The maximum atomic E-state index is 13.6. The van der Waals surface area contributed by atoms with Gasteiger partial charge in [-0.15, -0.1) is 0 Å². The zero-order valence-electron chi connectivity index (χ0n) is 9.84. The van der Waals surface area contributed by atoms with Gasteiger partial charge in [-0.1, -0.05) is 22.0 Å². The number of benzene rings is 1. The molecule has 1 aromatic rings. The van der Waals surface area contributed by atoms with Crippen LogP contribution in [0.15, 0.2) is 18.2 Å². The number of methoxy groups -OCH3 is 1. The fourth-order valence-electron chi connectivity index (χ4n) is 1.60. The summed E-state index contributed by atoms with van der Waals surface area (Å²) in [7, 11) is 3.62. The molecule has 1 rings (SSSR count). The van der Waals surface area contributed by atoms with Gasteiger partial charge in [-0.2, -0.15) is 0 Å². The monoisotopic (exact) mass is 289 g/mol. The van der Waals surface area contributed by atoms with Gasteiger partial charge in [0.2, 0.25) is 0 Å². The van der Waals surface area contributed by atoms with E-state index < -0.39 is 0 Å². The SMILES string of the molecule is COCC(C)N(C)c1cccc(F)c1CBr. The van der Waals surface area contributed by atoms with Crippen LogP contribution in [-0.2, 0) is 10.1 Å². The Morgan fingerprint density at radius 3 is 2.75 bits per heavy atom. The van der Waals surface area contributed by atoms with Crippen LogP contribution in [0.1, 0.15) is 12.5 Å². The van der Waals surface area contributed by atoms with Crippen LogP contribution in [0.3, 0.4) is 0 Å². The standard InChI is InChI=1S/C12H17BrFNO/c1-9(8-16-3)15(2)12-6-4-5-11(14)10(12)7-13/h4-6,9H,7-8H2,1-3H3. The van der Waals surface area contributed by atoms with E-state index in [1.807, 2.05) is 24.9 Å². The minimum absolute atomic E-state index is 0.175. The Balaban J connectivity index is 2.98. The summed E-state index contributed by atoms with van der Waals surface area (Å²) in [5.41, 5.74) is 1.59. The third-order valence-corrected chi connectivity index (χ3v) is 3.24. The lowest BCUT2D eigenvalue weighted by molar-refractivity contribution is 0.183. The summed E-state index contributed by atoms with van der Waals surface area (Å²) in [4.78, 5) is 2.03. The van der Waals surface area contributed by atoms with E-state index in [2.05, 4.69) is 15.9 Å². The highest BCUT2D eigenvalue weighted by atomic mass is 79.9. The van der Waals surface area contributed by atoms with Crippen molar-refractivity contribution in [1.82, 2.24) is 0 Å². The number of rotatable bonds is 5. The van der Waals surface area contributed by atoms with Crippen molar-refractivity contribution < 1.29 is 9.13 Å². The molecular weight excluding hydrogens is 273 g/mol. The highest BCUT2D eigenvalue weighted by molar-refractivity contribution is 9.08. The smallest absolute Gasteiger partial charge is 0.129 e. The molecule has 0 fully saturated rings. The minimum atomic E-state index is -0.175. The van der Waals surface area contributed by atoms with E-state index in [1.54, 1.807) is 13.2 Å². The normalized spacial score (nSPS) is 12.6. The van der Waals surface area contributed by atoms with Gasteiger partial charge in [0, 0.05) is 36.8 Å². The summed E-state index contributed by atoms with van der Waals surface area (Å²) in [6, 6.07) is 5.35. The maximum Gasteiger partial charge on any atom is 0.129 e. The van der Waals surface area contributed by atoms with Crippen LogP contribution in [0.2, 0.25) is 0 Å². The second-order valence-corrected chi connectivity index (χ2v) is 4.35. The fourth-order valence-corrected chi connectivity index (χ4v) is 2.16. The van der Waals surface area contributed by atoms with Crippen LogP contribution in [0.4, 0.5) is 10.1 Å². The van der Waals surface area contributed by atoms with Crippen LogP contribution in [0.5, 0.6) is 0 Å². The molecule has 1 aromatic carbocycles. The quantitative estimate of drug-likeness (QED) is 0.772. The predicted octanol–water partition coefficient (Wildman–Crippen LogP) is 3.19. The van der Waals surface area contributed by atoms with Gasteiger partial charge in [0.15, 0.2) is 0 Å². The van der Waals surface area contributed by atoms with Gasteiger partial charge >= 0.3 is 0 Å². The summed E-state index contributed by atoms with van der Waals surface area (Å²) >= 11 is 3.32. The van der Waals surface area contributed by atoms with Gasteiger partial charge in [0.05, 0.1) is 6.61 Å². The van der Waals surface area contributed by atoms with Crippen molar-refractivity contribution in [1.29, 1.82) is 0 Å². The van der Waals surface area contributed by atoms with E-state index in [1.165, 1.54) is 6.07 Å². The highest BCUT2D eigenvalue weighted by Crippen LogP contribution is 2.25. The summed E-state index contributed by atoms with van der Waals surface area (Å²) in [6.45, 7) is 2.67. The molecule has 4 heteroatoms. The first kappa shape index (κ1) is 13.5. The molecule has 16 heavy (non-hydrogen) atoms. The van der Waals surface area contributed by atoms with Crippen LogP contribution in [0, 0.1) is 5.82 Å². The van der Waals surface area contributed by atoms with E-state index >= 15 is 0 Å². The average Bonchev–Trinajstić information content (AvgIpc) is 2.28. The van der Waals surface area contributed by atoms with E-state index in [0.717, 1.165) is 5.69 Å². The largest absolute Gasteiger partial charge is 0.383 e. The summed E-state index contributed by atoms with van der Waals surface area (Å²) in [5, 5.41) is 0.513. The number of anilines is 1. The molecule has 0 spiro atoms. The van der Waals surface area contributed by atoms with Crippen molar-refractivity contribution >= 4 is 21.6 Å². The molecule has 90 valence electrons. The average molecular weight is 290 g/mol. The zero-order valence-corrected chi connectivity index (χ0v) is 11.4. The van der Waals surface area contributed by atoms with Crippen molar-refractivity contribution in [2.45, 2.75) is 18.3 Å². The van der Waals surface area contributed by atoms with Crippen LogP contribution < -0.4 is 4.90 Å². The molecule has 1 atom stereocenters. The third kappa shape index (κ3) is 2.95. The zero-order chi connectivity index (χ0) is 12.1. The Bertz CT molecular complexity index is 346. The Hall–Kier alpha value is -0.610. The van der Waals surface area contributed by atoms with E-state index in [4.69, 9.17) is 4.74 Å². The second kappa shape index (κ2) is 6.21. The lowest BCUT2D eigenvalue weighted by Gasteiger charge is -2.28. The number of ether oxygens (including phenoxy) is 1. The van der Waals surface area contributed by atoms with E-state index in [-0.39, 0.29) is 11.9 Å². The number of likely N-dealkylation sites (N-methyl/N-ethyl adjacent to an activating group) is 1. The molecule has 0 aliphatic heterocycles. The molecule has 0 saturated carbocycles. The molecule has 0 N–H and O–H groups in total. The van der Waals surface area contributed by atoms with Gasteiger partial charge < -0.3 is 9.64 Å². The Morgan fingerprint density at radius 2 is 2.19 bits per heavy atom. The molecule has 1 unspecified atom stereocenters. The Morgan fingerprint density at radius 1 is 1.50 bits per heavy atom. The first-order chi connectivity index (χ1) is 7.61. The molecule has 2 nitrogen and oxygen atoms in total. The first-order valence-corrected chi connectivity index (χ1v) is 6.29. The second-order valence-electron chi connectivity index (χ2n) is 3.79. The van der Waals surface area contributed by atoms with Crippen molar-refractivity contribution in [3.05, 3.63) is 29.6 Å². The Labute approximate surface area is 105 Å². The van der Waals surface area contributed by atoms with Gasteiger partial charge in [-0.25, -0.2) is 4.39 Å². The van der Waals surface area contributed by atoms with Gasteiger partial charge in [-0.05, 0) is 19.1 Å². The molecule has 0 aliphatic carbocycles. The van der Waals surface area contributed by atoms with Crippen molar-refractivity contribution in [3.63, 3.8) is 0 Å². The lowest BCUT2D eigenvalue weighted by Crippen LogP contribution is -2.33. The molecule has 0 heterocycles. The molecule has 0 aliphatic rings. The maximum absolute atomic E-state index is 13.6. The van der Waals surface area contributed by atoms with Crippen LogP contribution in [0.25, 0.3) is 0 Å². The molecule has 0 radical (unpaired) electrons. The Kier molecular flexibility index (Phi) is 5.22. The van der Waals surface area contributed by atoms with Gasteiger partial charge in [-0.3, -0.25) is 0 Å². The number of alkyl halides is 1. The fraction of sp³-hybridized carbons (Fsp3) is 0.500. The summed E-state index contributed by atoms with van der Waals surface area (Å²) in [6.07, 6.45) is 0. The van der Waals surface area contributed by atoms with Crippen LogP contribution in [-0.4, -0.2) is 26.8 Å². The minimum Gasteiger partial charge on any atom is -0.383 e. The van der Waals surface area contributed by atoms with Crippen molar-refractivity contribution in [3.8, 4) is 0 Å². The molecular formula is C12H17BrFNO. The molecule has 0 aromatic heterocycles. The third-order valence-electron chi connectivity index (χ3n) is 2.68. The predicted molar refractivity (Wildman–Crippen MR) is 68.8 cm³/mol. The van der Waals surface area contributed by atoms with E-state index in [9.17, 15) is 4.39 Å². The first-order valence-electron chi connectivity index (χ1n) is 5.17. The summed E-state index contributed by atoms with van der Waals surface area (Å²) < 4.78 is 18.7.